The Morgan fingerprint density at radius 2 is 1.80 bits per heavy atom. The first-order valence-corrected chi connectivity index (χ1v) is 7.16. The fourth-order valence-electron chi connectivity index (χ4n) is 2.82. The number of piperidine rings is 1. The minimum absolute atomic E-state index is 0.189. The fraction of sp³-hybridized carbons (Fsp3) is 0.625. The molecule has 1 aromatic rings. The fourth-order valence-corrected chi connectivity index (χ4v) is 2.82. The van der Waals surface area contributed by atoms with Gasteiger partial charge in [0.2, 0.25) is 0 Å². The molecule has 1 N–H and O–H groups in total. The Morgan fingerprint density at radius 3 is 2.30 bits per heavy atom. The normalized spacial score (nSPS) is 19.8. The molecule has 1 aliphatic rings. The second-order valence-electron chi connectivity index (χ2n) is 5.77. The molecule has 3 nitrogen and oxygen atoms in total. The van der Waals surface area contributed by atoms with Crippen LogP contribution in [-0.2, 0) is 5.67 Å². The van der Waals surface area contributed by atoms with Crippen molar-refractivity contribution in [1.82, 2.24) is 5.32 Å². The van der Waals surface area contributed by atoms with E-state index in [4.69, 9.17) is 9.47 Å². The summed E-state index contributed by atoms with van der Waals surface area (Å²) in [5.41, 5.74) is 0.248. The Kier molecular flexibility index (Phi) is 4.53. The van der Waals surface area contributed by atoms with E-state index in [0.717, 1.165) is 24.9 Å². The number of nitrogens with one attached hydrogen (secondary N) is 1. The van der Waals surface area contributed by atoms with Crippen LogP contribution in [-0.4, -0.2) is 20.8 Å². The van der Waals surface area contributed by atoms with E-state index >= 15 is 0 Å². The third-order valence-corrected chi connectivity index (χ3v) is 3.88. The van der Waals surface area contributed by atoms with E-state index < -0.39 is 5.67 Å². The molecule has 0 spiro atoms. The molecule has 1 fully saturated rings. The Hall–Kier alpha value is -1.29. The van der Waals surface area contributed by atoms with Crippen LogP contribution in [0.1, 0.15) is 50.3 Å². The highest BCUT2D eigenvalue weighted by Gasteiger charge is 2.29. The molecule has 0 aliphatic carbocycles. The van der Waals surface area contributed by atoms with Crippen molar-refractivity contribution in [2.24, 2.45) is 0 Å². The lowest BCUT2D eigenvalue weighted by atomic mass is 9.87. The molecule has 112 valence electrons. The monoisotopic (exact) mass is 281 g/mol. The summed E-state index contributed by atoms with van der Waals surface area (Å²) >= 11 is 0. The number of rotatable bonds is 4. The van der Waals surface area contributed by atoms with Crippen molar-refractivity contribution in [2.45, 2.75) is 44.8 Å². The number of ether oxygens (including phenoxy) is 2. The maximum absolute atomic E-state index is 14.6. The molecule has 1 atom stereocenters. The molecule has 1 aliphatic heterocycles. The highest BCUT2D eigenvalue weighted by Crippen LogP contribution is 2.40. The van der Waals surface area contributed by atoms with Gasteiger partial charge in [-0.15, -0.1) is 0 Å². The first-order chi connectivity index (χ1) is 9.47. The summed E-state index contributed by atoms with van der Waals surface area (Å²) in [5, 5.41) is 3.47. The molecular formula is C16H24FNO2. The molecule has 0 bridgehead atoms. The number of alkyl halides is 1. The van der Waals surface area contributed by atoms with Gasteiger partial charge >= 0.3 is 0 Å². The van der Waals surface area contributed by atoms with Gasteiger partial charge in [-0.25, -0.2) is 4.39 Å². The average molecular weight is 281 g/mol. The van der Waals surface area contributed by atoms with E-state index in [1.807, 2.05) is 6.07 Å². The summed E-state index contributed by atoms with van der Waals surface area (Å²) in [5.74, 6) is 1.23. The van der Waals surface area contributed by atoms with Crippen LogP contribution in [0.5, 0.6) is 11.5 Å². The van der Waals surface area contributed by atoms with Crippen molar-refractivity contribution in [1.29, 1.82) is 0 Å². The molecule has 0 aromatic heterocycles. The molecule has 0 saturated carbocycles. The van der Waals surface area contributed by atoms with Crippen molar-refractivity contribution >= 4 is 0 Å². The van der Waals surface area contributed by atoms with Crippen LogP contribution >= 0.6 is 0 Å². The molecule has 1 aromatic carbocycles. The molecule has 4 heteroatoms. The van der Waals surface area contributed by atoms with Crippen molar-refractivity contribution in [3.63, 3.8) is 0 Å². The molecule has 0 amide bonds. The standard InChI is InChI=1S/C16H24FNO2/c1-16(2,17)12-10-15(20-4)14(19-3)9-11(12)13-7-5-6-8-18-13/h9-10,13,18H,5-8H2,1-4H3. The molecule has 1 heterocycles. The van der Waals surface area contributed by atoms with Gasteiger partial charge in [-0.1, -0.05) is 6.42 Å². The molecular weight excluding hydrogens is 257 g/mol. The van der Waals surface area contributed by atoms with Crippen LogP contribution in [0.4, 0.5) is 4.39 Å². The maximum Gasteiger partial charge on any atom is 0.161 e. The van der Waals surface area contributed by atoms with Crippen LogP contribution in [0.25, 0.3) is 0 Å². The molecule has 20 heavy (non-hydrogen) atoms. The number of hydrogen-bond donors (Lipinski definition) is 1. The van der Waals surface area contributed by atoms with E-state index in [1.165, 1.54) is 6.42 Å². The Labute approximate surface area is 120 Å². The van der Waals surface area contributed by atoms with E-state index in [9.17, 15) is 4.39 Å². The second-order valence-corrected chi connectivity index (χ2v) is 5.77. The Morgan fingerprint density at radius 1 is 1.15 bits per heavy atom. The SMILES string of the molecule is COc1cc(C2CCCCN2)c(C(C)(C)F)cc1OC. The summed E-state index contributed by atoms with van der Waals surface area (Å²) in [7, 11) is 3.18. The number of methoxy groups -OCH3 is 2. The zero-order valence-corrected chi connectivity index (χ0v) is 12.8. The number of halogens is 1. The highest BCUT2D eigenvalue weighted by atomic mass is 19.1. The summed E-state index contributed by atoms with van der Waals surface area (Å²) < 4.78 is 25.2. The maximum atomic E-state index is 14.6. The molecule has 1 saturated heterocycles. The Bertz CT molecular complexity index is 462. The Balaban J connectivity index is 2.51. The van der Waals surface area contributed by atoms with Gasteiger partial charge in [-0.3, -0.25) is 0 Å². The number of hydrogen-bond acceptors (Lipinski definition) is 3. The van der Waals surface area contributed by atoms with E-state index in [2.05, 4.69) is 5.32 Å². The van der Waals surface area contributed by atoms with Crippen LogP contribution < -0.4 is 14.8 Å². The topological polar surface area (TPSA) is 30.5 Å². The molecule has 2 rings (SSSR count). The lowest BCUT2D eigenvalue weighted by Crippen LogP contribution is -2.29. The first-order valence-electron chi connectivity index (χ1n) is 7.16. The van der Waals surface area contributed by atoms with Gasteiger partial charge < -0.3 is 14.8 Å². The van der Waals surface area contributed by atoms with Crippen molar-refractivity contribution < 1.29 is 13.9 Å². The quantitative estimate of drug-likeness (QED) is 0.912. The zero-order chi connectivity index (χ0) is 14.8. The second kappa shape index (κ2) is 6.00. The third-order valence-electron chi connectivity index (χ3n) is 3.88. The first kappa shape index (κ1) is 15.1. The average Bonchev–Trinajstić information content (AvgIpc) is 2.45. The van der Waals surface area contributed by atoms with Gasteiger partial charge in [0.1, 0.15) is 5.67 Å². The van der Waals surface area contributed by atoms with E-state index in [-0.39, 0.29) is 6.04 Å². The van der Waals surface area contributed by atoms with Crippen LogP contribution in [0.3, 0.4) is 0 Å². The van der Waals surface area contributed by atoms with Crippen LogP contribution in [0.15, 0.2) is 12.1 Å². The summed E-state index contributed by atoms with van der Waals surface area (Å²) in [6.07, 6.45) is 3.37. The van der Waals surface area contributed by atoms with Gasteiger partial charge in [0.15, 0.2) is 11.5 Å². The molecule has 1 unspecified atom stereocenters. The van der Waals surface area contributed by atoms with E-state index in [0.29, 0.717) is 17.1 Å². The van der Waals surface area contributed by atoms with Gasteiger partial charge in [0, 0.05) is 6.04 Å². The summed E-state index contributed by atoms with van der Waals surface area (Å²) in [4.78, 5) is 0. The van der Waals surface area contributed by atoms with Crippen LogP contribution in [0, 0.1) is 0 Å². The minimum Gasteiger partial charge on any atom is -0.493 e. The molecule has 0 radical (unpaired) electrons. The predicted molar refractivity (Wildman–Crippen MR) is 78.3 cm³/mol. The highest BCUT2D eigenvalue weighted by molar-refractivity contribution is 5.50. The van der Waals surface area contributed by atoms with Crippen molar-refractivity contribution in [3.8, 4) is 11.5 Å². The summed E-state index contributed by atoms with van der Waals surface area (Å²) in [6.45, 7) is 4.15. The summed E-state index contributed by atoms with van der Waals surface area (Å²) in [6, 6.07) is 3.87. The van der Waals surface area contributed by atoms with Crippen LogP contribution in [0.2, 0.25) is 0 Å². The lowest BCUT2D eigenvalue weighted by molar-refractivity contribution is 0.215. The van der Waals surface area contributed by atoms with Crippen molar-refractivity contribution in [3.05, 3.63) is 23.3 Å². The van der Waals surface area contributed by atoms with Gasteiger partial charge in [-0.2, -0.15) is 0 Å². The number of benzene rings is 1. The van der Waals surface area contributed by atoms with Gasteiger partial charge in [-0.05, 0) is 56.5 Å². The lowest BCUT2D eigenvalue weighted by Gasteiger charge is -2.29. The zero-order valence-electron chi connectivity index (χ0n) is 12.8. The van der Waals surface area contributed by atoms with Gasteiger partial charge in [0.25, 0.3) is 0 Å². The smallest absolute Gasteiger partial charge is 0.161 e. The van der Waals surface area contributed by atoms with E-state index in [1.54, 1.807) is 34.1 Å². The predicted octanol–water partition coefficient (Wildman–Crippen LogP) is 3.72. The third kappa shape index (κ3) is 3.06. The van der Waals surface area contributed by atoms with Crippen molar-refractivity contribution in [2.75, 3.05) is 20.8 Å². The minimum atomic E-state index is -1.41. The largest absolute Gasteiger partial charge is 0.493 e. The van der Waals surface area contributed by atoms with Gasteiger partial charge in [0.05, 0.1) is 14.2 Å².